The second kappa shape index (κ2) is 12.3. The van der Waals surface area contributed by atoms with E-state index in [4.69, 9.17) is 11.6 Å². The predicted octanol–water partition coefficient (Wildman–Crippen LogP) is 5.19. The maximum absolute atomic E-state index is 14.9. The third kappa shape index (κ3) is 7.17. The standard InChI is InChI=1S/C21H23ClFN7O.C5H11N/c1-12-7-18(17(23)9-15(12)14-3-5-30(11-31)6-4-14)25-21-24-10-16(22)20(27-21)26-19-8-13(2)28-29-19;1-5-3-2-4-6-5/h7-11,14H,3-6H2,1-2H3,(H3,24,25,26,27,28,29);5-6H,2-4H2,1H3. The number of aromatic nitrogens is 4. The lowest BCUT2D eigenvalue weighted by Crippen LogP contribution is -2.31. The molecule has 0 radical (unpaired) electrons. The van der Waals surface area contributed by atoms with Crippen molar-refractivity contribution < 1.29 is 9.18 Å². The van der Waals surface area contributed by atoms with Gasteiger partial charge in [0.1, 0.15) is 10.8 Å². The van der Waals surface area contributed by atoms with Gasteiger partial charge in [0.05, 0.1) is 11.9 Å². The van der Waals surface area contributed by atoms with Gasteiger partial charge in [-0.1, -0.05) is 11.6 Å². The first-order chi connectivity index (χ1) is 17.8. The predicted molar refractivity (Wildman–Crippen MR) is 144 cm³/mol. The van der Waals surface area contributed by atoms with E-state index in [0.29, 0.717) is 29.7 Å². The molecule has 0 aliphatic carbocycles. The second-order valence-electron chi connectivity index (χ2n) is 9.68. The Bertz CT molecular complexity index is 1210. The summed E-state index contributed by atoms with van der Waals surface area (Å²) in [6, 6.07) is 5.94. The van der Waals surface area contributed by atoms with E-state index in [2.05, 4.69) is 43.0 Å². The molecule has 2 aliphatic heterocycles. The van der Waals surface area contributed by atoms with Crippen LogP contribution in [0.15, 0.2) is 24.4 Å². The van der Waals surface area contributed by atoms with Gasteiger partial charge in [-0.15, -0.1) is 0 Å². The lowest BCUT2D eigenvalue weighted by molar-refractivity contribution is -0.119. The highest BCUT2D eigenvalue weighted by Crippen LogP contribution is 2.33. The Morgan fingerprint density at radius 3 is 2.54 bits per heavy atom. The van der Waals surface area contributed by atoms with Crippen LogP contribution in [0.1, 0.15) is 55.3 Å². The number of likely N-dealkylation sites (tertiary alicyclic amines) is 1. The molecule has 37 heavy (non-hydrogen) atoms. The van der Waals surface area contributed by atoms with Gasteiger partial charge in [-0.05, 0) is 82.2 Å². The number of carbonyl (C=O) groups excluding carboxylic acids is 1. The molecule has 3 aromatic rings. The number of aromatic amines is 1. The molecule has 0 saturated carbocycles. The second-order valence-corrected chi connectivity index (χ2v) is 10.1. The van der Waals surface area contributed by atoms with Gasteiger partial charge in [0.2, 0.25) is 12.4 Å². The fraction of sp³-hybridized carbons (Fsp3) is 0.462. The third-order valence-corrected chi connectivity index (χ3v) is 7.00. The number of rotatable bonds is 6. The molecule has 1 unspecified atom stereocenters. The first-order valence-corrected chi connectivity index (χ1v) is 13.0. The normalized spacial score (nSPS) is 17.8. The number of hydrogen-bond donors (Lipinski definition) is 4. The minimum absolute atomic E-state index is 0.212. The first-order valence-electron chi connectivity index (χ1n) is 12.6. The van der Waals surface area contributed by atoms with Crippen molar-refractivity contribution in [2.24, 2.45) is 0 Å². The van der Waals surface area contributed by atoms with E-state index in [1.807, 2.05) is 19.9 Å². The van der Waals surface area contributed by atoms with E-state index in [1.54, 1.807) is 17.0 Å². The molecule has 9 nitrogen and oxygen atoms in total. The molecule has 2 aromatic heterocycles. The topological polar surface area (TPSA) is 111 Å². The van der Waals surface area contributed by atoms with Crippen LogP contribution in [0.3, 0.4) is 0 Å². The van der Waals surface area contributed by atoms with Crippen molar-refractivity contribution in [2.45, 2.75) is 58.4 Å². The monoisotopic (exact) mass is 528 g/mol. The number of H-pyrrole nitrogens is 1. The Morgan fingerprint density at radius 2 is 1.95 bits per heavy atom. The third-order valence-electron chi connectivity index (χ3n) is 6.72. The molecular formula is C26H34ClFN8O. The number of halogens is 2. The number of aryl methyl sites for hydroxylation is 2. The summed E-state index contributed by atoms with van der Waals surface area (Å²) in [5, 5.41) is 16.5. The lowest BCUT2D eigenvalue weighted by Gasteiger charge is -2.30. The summed E-state index contributed by atoms with van der Waals surface area (Å²) in [7, 11) is 0. The van der Waals surface area contributed by atoms with Crippen LogP contribution in [0.4, 0.5) is 27.7 Å². The number of nitrogens with zero attached hydrogens (tertiary/aromatic N) is 4. The first kappa shape index (κ1) is 26.8. The summed E-state index contributed by atoms with van der Waals surface area (Å²) in [5.74, 6) is 0.996. The average Bonchev–Trinajstić information content (AvgIpc) is 3.54. The van der Waals surface area contributed by atoms with Gasteiger partial charge in [0.15, 0.2) is 11.6 Å². The largest absolute Gasteiger partial charge is 0.345 e. The van der Waals surface area contributed by atoms with Crippen molar-refractivity contribution in [3.8, 4) is 0 Å². The number of nitrogens with one attached hydrogen (secondary N) is 4. The van der Waals surface area contributed by atoms with Crippen LogP contribution >= 0.6 is 11.6 Å². The van der Waals surface area contributed by atoms with Gasteiger partial charge in [0.25, 0.3) is 0 Å². The number of benzene rings is 1. The number of piperidine rings is 1. The molecular weight excluding hydrogens is 495 g/mol. The van der Waals surface area contributed by atoms with Crippen molar-refractivity contribution in [1.29, 1.82) is 0 Å². The van der Waals surface area contributed by atoms with Crippen LogP contribution < -0.4 is 16.0 Å². The molecule has 2 fully saturated rings. The molecule has 0 bridgehead atoms. The van der Waals surface area contributed by atoms with Crippen molar-refractivity contribution in [1.82, 2.24) is 30.4 Å². The minimum Gasteiger partial charge on any atom is -0.345 e. The number of anilines is 4. The van der Waals surface area contributed by atoms with E-state index in [9.17, 15) is 9.18 Å². The van der Waals surface area contributed by atoms with Gasteiger partial charge >= 0.3 is 0 Å². The highest BCUT2D eigenvalue weighted by atomic mass is 35.5. The van der Waals surface area contributed by atoms with Crippen LogP contribution in [0, 0.1) is 19.7 Å². The van der Waals surface area contributed by atoms with Crippen LogP contribution in [0.5, 0.6) is 0 Å². The molecule has 1 amide bonds. The molecule has 1 atom stereocenters. The van der Waals surface area contributed by atoms with Gasteiger partial charge in [-0.3, -0.25) is 9.89 Å². The van der Waals surface area contributed by atoms with Gasteiger partial charge in [0, 0.05) is 30.9 Å². The van der Waals surface area contributed by atoms with E-state index in [0.717, 1.165) is 42.1 Å². The lowest BCUT2D eigenvalue weighted by atomic mass is 9.86. The Kier molecular flexibility index (Phi) is 8.94. The van der Waals surface area contributed by atoms with Gasteiger partial charge < -0.3 is 20.9 Å². The molecule has 1 aromatic carbocycles. The number of amides is 1. The van der Waals surface area contributed by atoms with E-state index in [1.165, 1.54) is 25.6 Å². The zero-order chi connectivity index (χ0) is 26.4. The van der Waals surface area contributed by atoms with E-state index < -0.39 is 0 Å². The fourth-order valence-corrected chi connectivity index (χ4v) is 4.78. The van der Waals surface area contributed by atoms with E-state index in [-0.39, 0.29) is 23.4 Å². The maximum Gasteiger partial charge on any atom is 0.229 e. The van der Waals surface area contributed by atoms with Crippen molar-refractivity contribution >= 4 is 41.3 Å². The van der Waals surface area contributed by atoms with Gasteiger partial charge in [-0.25, -0.2) is 9.37 Å². The SMILES string of the molecule is CC1CCCN1.Cc1cc(Nc2nc(Nc3cc(C)c(C4CCN(C=O)CC4)cc3F)ncc2Cl)n[nH]1. The molecule has 198 valence electrons. The van der Waals surface area contributed by atoms with Crippen LogP contribution in [0.25, 0.3) is 0 Å². The fourth-order valence-electron chi connectivity index (χ4n) is 4.65. The molecule has 2 aliphatic rings. The summed E-state index contributed by atoms with van der Waals surface area (Å²) in [6.45, 7) is 8.70. The van der Waals surface area contributed by atoms with E-state index >= 15 is 0 Å². The molecule has 4 N–H and O–H groups in total. The van der Waals surface area contributed by atoms with Crippen LogP contribution in [-0.4, -0.2) is 57.2 Å². The summed E-state index contributed by atoms with van der Waals surface area (Å²) < 4.78 is 14.9. The Morgan fingerprint density at radius 1 is 1.16 bits per heavy atom. The van der Waals surface area contributed by atoms with Crippen molar-refractivity contribution in [3.63, 3.8) is 0 Å². The van der Waals surface area contributed by atoms with Crippen molar-refractivity contribution in [3.05, 3.63) is 52.1 Å². The molecule has 0 spiro atoms. The number of hydrogen-bond acceptors (Lipinski definition) is 7. The molecule has 5 rings (SSSR count). The minimum atomic E-state index is -0.380. The van der Waals surface area contributed by atoms with Crippen LogP contribution in [0.2, 0.25) is 5.02 Å². The summed E-state index contributed by atoms with van der Waals surface area (Å²) in [4.78, 5) is 21.2. The molecule has 4 heterocycles. The Labute approximate surface area is 221 Å². The molecule has 2 saturated heterocycles. The number of carbonyl (C=O) groups is 1. The zero-order valence-corrected chi connectivity index (χ0v) is 22.2. The summed E-state index contributed by atoms with van der Waals surface area (Å²) in [5.41, 5.74) is 3.13. The maximum atomic E-state index is 14.9. The summed E-state index contributed by atoms with van der Waals surface area (Å²) >= 11 is 6.19. The zero-order valence-electron chi connectivity index (χ0n) is 21.4. The van der Waals surface area contributed by atoms with Crippen LogP contribution in [-0.2, 0) is 4.79 Å². The van der Waals surface area contributed by atoms with Gasteiger partial charge in [-0.2, -0.15) is 10.1 Å². The Hall–Kier alpha value is -3.24. The average molecular weight is 529 g/mol. The Balaban J connectivity index is 0.000000469. The highest BCUT2D eigenvalue weighted by molar-refractivity contribution is 6.32. The smallest absolute Gasteiger partial charge is 0.229 e. The molecule has 11 heteroatoms. The summed E-state index contributed by atoms with van der Waals surface area (Å²) in [6.07, 6.45) is 6.72. The van der Waals surface area contributed by atoms with Crippen molar-refractivity contribution in [2.75, 3.05) is 30.3 Å². The quantitative estimate of drug-likeness (QED) is 0.326. The highest BCUT2D eigenvalue weighted by Gasteiger charge is 2.22.